The van der Waals surface area contributed by atoms with Gasteiger partial charge < -0.3 is 19.5 Å². The van der Waals surface area contributed by atoms with Gasteiger partial charge in [-0.3, -0.25) is 0 Å². The van der Waals surface area contributed by atoms with Gasteiger partial charge in [0.2, 0.25) is 0 Å². The molecule has 1 aliphatic heterocycles. The second-order valence-corrected chi connectivity index (χ2v) is 11.4. The maximum atomic E-state index is 14.9. The van der Waals surface area contributed by atoms with Gasteiger partial charge in [0.15, 0.2) is 0 Å². The summed E-state index contributed by atoms with van der Waals surface area (Å²) >= 11 is 0. The van der Waals surface area contributed by atoms with Crippen molar-refractivity contribution < 1.29 is 40.7 Å². The fourth-order valence-corrected chi connectivity index (χ4v) is 5.05. The summed E-state index contributed by atoms with van der Waals surface area (Å²) in [5, 5.41) is 3.34. The first kappa shape index (κ1) is 31.1. The molecule has 0 bridgehead atoms. The molecule has 2 heterocycles. The van der Waals surface area contributed by atoms with E-state index in [1.54, 1.807) is 12.3 Å². The van der Waals surface area contributed by atoms with Gasteiger partial charge in [-0.05, 0) is 35.2 Å². The SMILES string of the molecule is CC(C)(C)[C@@H](NC[C@@H]1CN(C(=O)OC(=O)C(F)(F)F)C[C@@H]1F)c1cc(-c2cc(F)ccc2F)cn1Cc1ccccc1. The number of aromatic nitrogens is 1. The van der Waals surface area contributed by atoms with Crippen LogP contribution in [0, 0.1) is 23.0 Å². The minimum absolute atomic E-state index is 0.0281. The largest absolute Gasteiger partial charge is 0.491 e. The second-order valence-electron chi connectivity index (χ2n) is 11.4. The number of amides is 1. The second kappa shape index (κ2) is 12.2. The zero-order valence-electron chi connectivity index (χ0n) is 23.2. The number of halogens is 6. The number of hydrogen-bond acceptors (Lipinski definition) is 4. The van der Waals surface area contributed by atoms with Crippen LogP contribution in [0.15, 0.2) is 60.8 Å². The van der Waals surface area contributed by atoms with Crippen molar-refractivity contribution in [2.75, 3.05) is 19.6 Å². The Morgan fingerprint density at radius 1 is 1.02 bits per heavy atom. The molecule has 0 radical (unpaired) electrons. The maximum Gasteiger partial charge on any atom is 0.491 e. The molecule has 0 spiro atoms. The number of rotatable bonds is 7. The van der Waals surface area contributed by atoms with E-state index in [-0.39, 0.29) is 18.7 Å². The highest BCUT2D eigenvalue weighted by Gasteiger charge is 2.45. The summed E-state index contributed by atoms with van der Waals surface area (Å²) in [5.41, 5.74) is 1.72. The number of carbonyl (C=O) groups excluding carboxylic acids is 2. The van der Waals surface area contributed by atoms with Crippen LogP contribution in [0.25, 0.3) is 11.1 Å². The molecule has 1 aromatic heterocycles. The van der Waals surface area contributed by atoms with Crippen molar-refractivity contribution in [2.24, 2.45) is 11.3 Å². The molecule has 4 rings (SSSR count). The number of alkyl halides is 4. The van der Waals surface area contributed by atoms with Crippen LogP contribution in [0.4, 0.5) is 31.1 Å². The molecular formula is C30H31F6N3O3. The summed E-state index contributed by atoms with van der Waals surface area (Å²) in [5.74, 6) is -4.66. The summed E-state index contributed by atoms with van der Waals surface area (Å²) < 4.78 is 86.9. The summed E-state index contributed by atoms with van der Waals surface area (Å²) in [6.07, 6.45) is -6.77. The van der Waals surface area contributed by atoms with E-state index in [1.165, 1.54) is 0 Å². The maximum absolute atomic E-state index is 14.9. The third-order valence-corrected chi connectivity index (χ3v) is 7.14. The van der Waals surface area contributed by atoms with Gasteiger partial charge in [0.1, 0.15) is 17.8 Å². The lowest BCUT2D eigenvalue weighted by atomic mass is 9.84. The molecule has 6 nitrogen and oxygen atoms in total. The van der Waals surface area contributed by atoms with Crippen LogP contribution in [-0.2, 0) is 16.1 Å². The van der Waals surface area contributed by atoms with Gasteiger partial charge in [0.05, 0.1) is 12.6 Å². The lowest BCUT2D eigenvalue weighted by Gasteiger charge is -2.34. The zero-order valence-corrected chi connectivity index (χ0v) is 23.2. The molecule has 1 fully saturated rings. The first-order chi connectivity index (χ1) is 19.6. The first-order valence-electron chi connectivity index (χ1n) is 13.3. The summed E-state index contributed by atoms with van der Waals surface area (Å²) in [7, 11) is 0. The Labute approximate surface area is 239 Å². The summed E-state index contributed by atoms with van der Waals surface area (Å²) in [6, 6.07) is 14.0. The van der Waals surface area contributed by atoms with Gasteiger partial charge in [0.25, 0.3) is 0 Å². The molecule has 12 heteroatoms. The molecule has 3 aromatic rings. The lowest BCUT2D eigenvalue weighted by Crippen LogP contribution is -2.39. The van der Waals surface area contributed by atoms with Crippen LogP contribution in [-0.4, -0.2) is 53.5 Å². The topological polar surface area (TPSA) is 63.6 Å². The van der Waals surface area contributed by atoms with Crippen molar-refractivity contribution in [3.8, 4) is 11.1 Å². The fourth-order valence-electron chi connectivity index (χ4n) is 5.05. The molecule has 1 saturated heterocycles. The van der Waals surface area contributed by atoms with E-state index in [0.717, 1.165) is 28.7 Å². The number of nitrogens with zero attached hydrogens (tertiary/aromatic N) is 2. The van der Waals surface area contributed by atoms with Gasteiger partial charge >= 0.3 is 18.2 Å². The van der Waals surface area contributed by atoms with Crippen LogP contribution in [0.3, 0.4) is 0 Å². The normalized spacial score (nSPS) is 18.3. The van der Waals surface area contributed by atoms with Crippen LogP contribution in [0.1, 0.15) is 38.1 Å². The summed E-state index contributed by atoms with van der Waals surface area (Å²) in [4.78, 5) is 23.8. The quantitative estimate of drug-likeness (QED) is 0.189. The Kier molecular flexibility index (Phi) is 9.05. The van der Waals surface area contributed by atoms with E-state index in [9.17, 15) is 35.9 Å². The minimum Gasteiger partial charge on any atom is -0.369 e. The van der Waals surface area contributed by atoms with E-state index in [0.29, 0.717) is 17.8 Å². The van der Waals surface area contributed by atoms with Crippen LogP contribution in [0.2, 0.25) is 0 Å². The van der Waals surface area contributed by atoms with Crippen molar-refractivity contribution in [2.45, 2.75) is 45.7 Å². The standard InChI is InChI=1S/C30H31F6N3O3/c1-29(2,3)26(37-13-20-16-39(17-24(20)33)28(41)42-27(40)30(34,35)36)25-11-19(22-12-21(31)9-10-23(22)32)15-38(25)14-18-7-5-4-6-8-18/h4-12,15,20,24,26,37H,13-14,16-17H2,1-3H3/t20-,24+,26+/m1/s1. The van der Waals surface area contributed by atoms with E-state index in [2.05, 4.69) is 10.1 Å². The predicted octanol–water partition coefficient (Wildman–Crippen LogP) is 6.65. The van der Waals surface area contributed by atoms with Crippen LogP contribution in [0.5, 0.6) is 0 Å². The Morgan fingerprint density at radius 2 is 1.71 bits per heavy atom. The number of hydrogen-bond donors (Lipinski definition) is 1. The average Bonchev–Trinajstić information content (AvgIpc) is 3.48. The van der Waals surface area contributed by atoms with Gasteiger partial charge in [-0.2, -0.15) is 13.2 Å². The number of benzene rings is 2. The predicted molar refractivity (Wildman–Crippen MR) is 143 cm³/mol. The van der Waals surface area contributed by atoms with E-state index in [4.69, 9.17) is 0 Å². The number of carbonyl (C=O) groups is 2. The van der Waals surface area contributed by atoms with Gasteiger partial charge in [0, 0.05) is 48.6 Å². The van der Waals surface area contributed by atoms with Crippen molar-refractivity contribution >= 4 is 12.1 Å². The van der Waals surface area contributed by atoms with Crippen LogP contribution < -0.4 is 5.32 Å². The Hall–Kier alpha value is -3.80. The number of nitrogens with one attached hydrogen (secondary N) is 1. The average molecular weight is 596 g/mol. The van der Waals surface area contributed by atoms with Crippen molar-refractivity contribution in [1.82, 2.24) is 14.8 Å². The number of ether oxygens (including phenoxy) is 1. The fraction of sp³-hybridized carbons (Fsp3) is 0.400. The highest BCUT2D eigenvalue weighted by Crippen LogP contribution is 2.37. The minimum atomic E-state index is -5.35. The molecule has 0 saturated carbocycles. The van der Waals surface area contributed by atoms with E-state index in [1.807, 2.05) is 55.7 Å². The Bertz CT molecular complexity index is 1420. The lowest BCUT2D eigenvalue weighted by molar-refractivity contribution is -0.193. The molecule has 1 amide bonds. The highest BCUT2D eigenvalue weighted by atomic mass is 19.4. The van der Waals surface area contributed by atoms with Gasteiger partial charge in [-0.25, -0.2) is 22.8 Å². The van der Waals surface area contributed by atoms with Crippen molar-refractivity contribution in [3.05, 3.63) is 83.7 Å². The Balaban J connectivity index is 1.59. The van der Waals surface area contributed by atoms with Crippen molar-refractivity contribution in [1.29, 1.82) is 0 Å². The van der Waals surface area contributed by atoms with E-state index >= 15 is 0 Å². The molecule has 0 aliphatic carbocycles. The van der Waals surface area contributed by atoms with Crippen molar-refractivity contribution in [3.63, 3.8) is 0 Å². The monoisotopic (exact) mass is 595 g/mol. The molecule has 3 atom stereocenters. The first-order valence-corrected chi connectivity index (χ1v) is 13.3. The number of likely N-dealkylation sites (tertiary alicyclic amines) is 1. The smallest absolute Gasteiger partial charge is 0.369 e. The Morgan fingerprint density at radius 3 is 2.36 bits per heavy atom. The van der Waals surface area contributed by atoms with Crippen LogP contribution >= 0.6 is 0 Å². The zero-order chi connectivity index (χ0) is 30.8. The molecule has 226 valence electrons. The molecule has 2 aromatic carbocycles. The summed E-state index contributed by atoms with van der Waals surface area (Å²) in [6.45, 7) is 5.48. The number of esters is 1. The van der Waals surface area contributed by atoms with E-state index < -0.39 is 60.0 Å². The molecule has 1 N–H and O–H groups in total. The highest BCUT2D eigenvalue weighted by molar-refractivity contribution is 5.87. The third kappa shape index (κ3) is 7.33. The molecule has 0 unspecified atom stereocenters. The molecular weight excluding hydrogens is 564 g/mol. The third-order valence-electron chi connectivity index (χ3n) is 7.14. The van der Waals surface area contributed by atoms with Gasteiger partial charge in [-0.15, -0.1) is 0 Å². The van der Waals surface area contributed by atoms with Gasteiger partial charge in [-0.1, -0.05) is 51.1 Å². The molecule has 1 aliphatic rings. The molecule has 42 heavy (non-hydrogen) atoms.